The van der Waals surface area contributed by atoms with Crippen molar-refractivity contribution in [2.75, 3.05) is 0 Å². The molecule has 0 amide bonds. The van der Waals surface area contributed by atoms with Gasteiger partial charge in [0.05, 0.1) is 0 Å². The summed E-state index contributed by atoms with van der Waals surface area (Å²) in [6.45, 7) is 0. The van der Waals surface area contributed by atoms with Crippen LogP contribution in [0.1, 0.15) is 29.2 Å². The van der Waals surface area contributed by atoms with Crippen molar-refractivity contribution >= 4 is 11.6 Å². The van der Waals surface area contributed by atoms with Gasteiger partial charge in [-0.1, -0.05) is 23.7 Å². The maximum absolute atomic E-state index is 11.7. The highest BCUT2D eigenvalue weighted by molar-refractivity contribution is 6.30. The molecule has 0 bridgehead atoms. The number of fused-ring (bicyclic) bond motifs is 1. The topological polar surface area (TPSA) is 65.7 Å². The molecule has 2 aromatic rings. The first-order valence-electron chi connectivity index (χ1n) is 5.76. The van der Waals surface area contributed by atoms with Crippen LogP contribution in [0.3, 0.4) is 0 Å². The molecule has 0 fully saturated rings. The Kier molecular flexibility index (Phi) is 2.59. The second kappa shape index (κ2) is 4.14. The molecule has 0 radical (unpaired) electrons. The standard InChI is InChI=1S/C13H11ClN2O2/c14-8-3-1-7(2-4-8)9-5-6-10-11(9)15-13(18)16-12(10)17/h1-4,9H,5-6H2,(H2,15,16,17,18). The normalized spacial score (nSPS) is 17.7. The van der Waals surface area contributed by atoms with Crippen LogP contribution >= 0.6 is 11.6 Å². The molecular weight excluding hydrogens is 252 g/mol. The van der Waals surface area contributed by atoms with Crippen molar-refractivity contribution < 1.29 is 0 Å². The predicted molar refractivity (Wildman–Crippen MR) is 69.3 cm³/mol. The minimum Gasteiger partial charge on any atom is -0.310 e. The van der Waals surface area contributed by atoms with Gasteiger partial charge in [0, 0.05) is 22.2 Å². The van der Waals surface area contributed by atoms with E-state index < -0.39 is 5.69 Å². The SMILES string of the molecule is O=c1[nH]c2c(c(=O)[nH]1)CCC2c1ccc(Cl)cc1. The zero-order chi connectivity index (χ0) is 12.7. The van der Waals surface area contributed by atoms with Gasteiger partial charge in [-0.05, 0) is 30.5 Å². The number of nitrogens with one attached hydrogen (secondary N) is 2. The van der Waals surface area contributed by atoms with E-state index in [1.54, 1.807) is 0 Å². The minimum atomic E-state index is -0.445. The van der Waals surface area contributed by atoms with E-state index in [0.717, 1.165) is 17.7 Å². The maximum Gasteiger partial charge on any atom is 0.325 e. The molecule has 1 aliphatic carbocycles. The Labute approximate surface area is 108 Å². The van der Waals surface area contributed by atoms with Gasteiger partial charge in [0.15, 0.2) is 0 Å². The van der Waals surface area contributed by atoms with Crippen molar-refractivity contribution in [3.63, 3.8) is 0 Å². The number of aromatic amines is 2. The summed E-state index contributed by atoms with van der Waals surface area (Å²) in [5.74, 6) is 0.0762. The monoisotopic (exact) mass is 262 g/mol. The Balaban J connectivity index is 2.12. The minimum absolute atomic E-state index is 0.0762. The van der Waals surface area contributed by atoms with Crippen LogP contribution in [0.5, 0.6) is 0 Å². The fourth-order valence-corrected chi connectivity index (χ4v) is 2.66. The summed E-state index contributed by atoms with van der Waals surface area (Å²) >= 11 is 5.86. The van der Waals surface area contributed by atoms with Crippen LogP contribution in [-0.4, -0.2) is 9.97 Å². The lowest BCUT2D eigenvalue weighted by Gasteiger charge is -2.11. The van der Waals surface area contributed by atoms with Gasteiger partial charge in [-0.25, -0.2) is 4.79 Å². The van der Waals surface area contributed by atoms with Gasteiger partial charge < -0.3 is 4.98 Å². The van der Waals surface area contributed by atoms with Crippen LogP contribution in [0.15, 0.2) is 33.9 Å². The van der Waals surface area contributed by atoms with E-state index in [9.17, 15) is 9.59 Å². The third-order valence-electron chi connectivity index (χ3n) is 3.38. The third-order valence-corrected chi connectivity index (χ3v) is 3.63. The Morgan fingerprint density at radius 3 is 2.56 bits per heavy atom. The van der Waals surface area contributed by atoms with E-state index >= 15 is 0 Å². The summed E-state index contributed by atoms with van der Waals surface area (Å²) in [6, 6.07) is 7.50. The highest BCUT2D eigenvalue weighted by atomic mass is 35.5. The first-order valence-corrected chi connectivity index (χ1v) is 6.14. The quantitative estimate of drug-likeness (QED) is 0.823. The summed E-state index contributed by atoms with van der Waals surface area (Å²) in [5, 5.41) is 0.677. The predicted octanol–water partition coefficient (Wildman–Crippen LogP) is 1.79. The zero-order valence-electron chi connectivity index (χ0n) is 9.50. The molecule has 92 valence electrons. The molecule has 0 saturated carbocycles. The molecule has 2 N–H and O–H groups in total. The van der Waals surface area contributed by atoms with E-state index in [1.165, 1.54) is 0 Å². The zero-order valence-corrected chi connectivity index (χ0v) is 10.3. The molecular formula is C13H11ClN2O2. The molecule has 3 rings (SSSR count). The molecule has 1 aromatic carbocycles. The summed E-state index contributed by atoms with van der Waals surface area (Å²) < 4.78 is 0. The van der Waals surface area contributed by atoms with Gasteiger partial charge in [-0.15, -0.1) is 0 Å². The Hall–Kier alpha value is -1.81. The largest absolute Gasteiger partial charge is 0.325 e. The van der Waals surface area contributed by atoms with Crippen molar-refractivity contribution in [3.05, 3.63) is 66.9 Å². The molecule has 5 heteroatoms. The maximum atomic E-state index is 11.7. The third kappa shape index (κ3) is 1.78. The molecule has 1 atom stereocenters. The highest BCUT2D eigenvalue weighted by Gasteiger charge is 2.27. The molecule has 0 aliphatic heterocycles. The van der Waals surface area contributed by atoms with E-state index in [2.05, 4.69) is 9.97 Å². The molecule has 1 aromatic heterocycles. The first kappa shape index (κ1) is 11.3. The molecule has 4 nitrogen and oxygen atoms in total. The fraction of sp³-hybridized carbons (Fsp3) is 0.231. The van der Waals surface area contributed by atoms with E-state index in [-0.39, 0.29) is 11.5 Å². The van der Waals surface area contributed by atoms with Crippen LogP contribution in [0.25, 0.3) is 0 Å². The number of aromatic nitrogens is 2. The number of rotatable bonds is 1. The summed E-state index contributed by atoms with van der Waals surface area (Å²) in [6.07, 6.45) is 1.52. The smallest absolute Gasteiger partial charge is 0.310 e. The summed E-state index contributed by atoms with van der Waals surface area (Å²) in [4.78, 5) is 28.0. The molecule has 18 heavy (non-hydrogen) atoms. The number of H-pyrrole nitrogens is 2. The molecule has 1 unspecified atom stereocenters. The average molecular weight is 263 g/mol. The van der Waals surface area contributed by atoms with Crippen molar-refractivity contribution in [1.29, 1.82) is 0 Å². The van der Waals surface area contributed by atoms with Gasteiger partial charge in [-0.2, -0.15) is 0 Å². The first-order chi connectivity index (χ1) is 8.65. The fourth-order valence-electron chi connectivity index (χ4n) is 2.54. The van der Waals surface area contributed by atoms with Crippen LogP contribution < -0.4 is 11.2 Å². The number of benzene rings is 1. The lowest BCUT2D eigenvalue weighted by Crippen LogP contribution is -2.26. The lowest BCUT2D eigenvalue weighted by atomic mass is 9.97. The average Bonchev–Trinajstić information content (AvgIpc) is 2.74. The number of halogens is 1. The van der Waals surface area contributed by atoms with Crippen molar-refractivity contribution in [1.82, 2.24) is 9.97 Å². The van der Waals surface area contributed by atoms with Gasteiger partial charge in [0.25, 0.3) is 5.56 Å². The molecule has 0 saturated heterocycles. The summed E-state index contributed by atoms with van der Waals surface area (Å²) in [5.41, 5.74) is 1.78. The second-order valence-electron chi connectivity index (χ2n) is 4.44. The lowest BCUT2D eigenvalue weighted by molar-refractivity contribution is 0.768. The van der Waals surface area contributed by atoms with Gasteiger partial charge >= 0.3 is 5.69 Å². The van der Waals surface area contributed by atoms with Crippen LogP contribution in [0.2, 0.25) is 5.02 Å². The van der Waals surface area contributed by atoms with Crippen molar-refractivity contribution in [2.24, 2.45) is 0 Å². The van der Waals surface area contributed by atoms with Crippen LogP contribution in [0.4, 0.5) is 0 Å². The Morgan fingerprint density at radius 2 is 1.83 bits per heavy atom. The van der Waals surface area contributed by atoms with E-state index in [0.29, 0.717) is 17.0 Å². The molecule has 0 spiro atoms. The van der Waals surface area contributed by atoms with E-state index in [4.69, 9.17) is 11.6 Å². The van der Waals surface area contributed by atoms with E-state index in [1.807, 2.05) is 24.3 Å². The highest BCUT2D eigenvalue weighted by Crippen LogP contribution is 2.34. The Bertz CT molecular complexity index is 700. The molecule has 1 aliphatic rings. The van der Waals surface area contributed by atoms with Crippen molar-refractivity contribution in [2.45, 2.75) is 18.8 Å². The summed E-state index contributed by atoms with van der Waals surface area (Å²) in [7, 11) is 0. The number of hydrogen-bond donors (Lipinski definition) is 2. The second-order valence-corrected chi connectivity index (χ2v) is 4.88. The van der Waals surface area contributed by atoms with Gasteiger partial charge in [0.2, 0.25) is 0 Å². The van der Waals surface area contributed by atoms with Crippen LogP contribution in [0, 0.1) is 0 Å². The van der Waals surface area contributed by atoms with Gasteiger partial charge in [-0.3, -0.25) is 9.78 Å². The van der Waals surface area contributed by atoms with Crippen LogP contribution in [-0.2, 0) is 6.42 Å². The van der Waals surface area contributed by atoms with Crippen molar-refractivity contribution in [3.8, 4) is 0 Å². The Morgan fingerprint density at radius 1 is 1.11 bits per heavy atom. The molecule has 1 heterocycles. The number of hydrogen-bond acceptors (Lipinski definition) is 2. The van der Waals surface area contributed by atoms with Gasteiger partial charge in [0.1, 0.15) is 0 Å².